The van der Waals surface area contributed by atoms with Crippen LogP contribution in [0.2, 0.25) is 0 Å². The molecule has 226 valence electrons. The predicted molar refractivity (Wildman–Crippen MR) is 200 cm³/mol. The minimum Gasteiger partial charge on any atom is -0.310 e. The van der Waals surface area contributed by atoms with Gasteiger partial charge in [0.2, 0.25) is 0 Å². The first kappa shape index (κ1) is 27.7. The van der Waals surface area contributed by atoms with Crippen LogP contribution in [-0.2, 0) is 5.41 Å². The fraction of sp³-hybridized carbons (Fsp3) is 0.111. The molecule has 1 aliphatic carbocycles. The highest BCUT2D eigenvalue weighted by Gasteiger charge is 2.38. The molecule has 0 atom stereocenters. The van der Waals surface area contributed by atoms with E-state index in [9.17, 15) is 0 Å². The fourth-order valence-electron chi connectivity index (χ4n) is 8.20. The maximum absolute atomic E-state index is 2.48. The van der Waals surface area contributed by atoms with Crippen molar-refractivity contribution in [1.82, 2.24) is 4.57 Å². The van der Waals surface area contributed by atoms with E-state index in [1.165, 1.54) is 83.0 Å². The number of anilines is 3. The molecule has 0 saturated heterocycles. The van der Waals surface area contributed by atoms with E-state index in [4.69, 9.17) is 0 Å². The molecule has 0 unspecified atom stereocenters. The number of aromatic nitrogens is 1. The second-order valence-corrected chi connectivity index (χ2v) is 13.5. The molecule has 2 heteroatoms. The summed E-state index contributed by atoms with van der Waals surface area (Å²) in [4.78, 5) is 2.44. The zero-order chi connectivity index (χ0) is 31.9. The molecule has 1 aromatic heterocycles. The lowest BCUT2D eigenvalue weighted by molar-refractivity contribution is 0.660. The van der Waals surface area contributed by atoms with E-state index in [0.29, 0.717) is 0 Å². The topological polar surface area (TPSA) is 8.17 Å². The third-order valence-corrected chi connectivity index (χ3v) is 10.4. The van der Waals surface area contributed by atoms with Gasteiger partial charge in [0.25, 0.3) is 0 Å². The minimum atomic E-state index is -0.207. The molecule has 7 aromatic carbocycles. The zero-order valence-electron chi connectivity index (χ0n) is 27.3. The molecule has 2 nitrogen and oxygen atoms in total. The highest BCUT2D eigenvalue weighted by atomic mass is 15.1. The molecule has 0 amide bonds. The van der Waals surface area contributed by atoms with Crippen molar-refractivity contribution < 1.29 is 0 Å². The predicted octanol–water partition coefficient (Wildman–Crippen LogP) is 12.3. The maximum Gasteiger partial charge on any atom is 0.0544 e. The Labute approximate surface area is 276 Å². The summed E-state index contributed by atoms with van der Waals surface area (Å²) >= 11 is 0. The Hall–Kier alpha value is -5.60. The quantitative estimate of drug-likeness (QED) is 0.194. The van der Waals surface area contributed by atoms with Crippen LogP contribution in [-0.4, -0.2) is 4.57 Å². The summed E-state index contributed by atoms with van der Waals surface area (Å²) in [5.74, 6) is 0. The van der Waals surface area contributed by atoms with Crippen molar-refractivity contribution in [2.24, 2.45) is 0 Å². The summed E-state index contributed by atoms with van der Waals surface area (Å²) in [5, 5.41) is 5.14. The summed E-state index contributed by atoms with van der Waals surface area (Å²) in [7, 11) is 0. The van der Waals surface area contributed by atoms with E-state index < -0.39 is 0 Å². The second kappa shape index (κ2) is 10.2. The van der Waals surface area contributed by atoms with E-state index in [0.717, 1.165) is 5.69 Å². The van der Waals surface area contributed by atoms with Crippen LogP contribution < -0.4 is 4.90 Å². The van der Waals surface area contributed by atoms with E-state index in [-0.39, 0.29) is 5.41 Å². The Balaban J connectivity index is 1.30. The summed E-state index contributed by atoms with van der Waals surface area (Å²) < 4.78 is 2.48. The van der Waals surface area contributed by atoms with Crippen LogP contribution in [0.5, 0.6) is 0 Å². The van der Waals surface area contributed by atoms with Gasteiger partial charge < -0.3 is 9.47 Å². The molecule has 0 saturated carbocycles. The van der Waals surface area contributed by atoms with Gasteiger partial charge in [-0.05, 0) is 95.1 Å². The second-order valence-electron chi connectivity index (χ2n) is 13.5. The molecular formula is C45H36N2. The van der Waals surface area contributed by atoms with Gasteiger partial charge in [-0.15, -0.1) is 0 Å². The zero-order valence-corrected chi connectivity index (χ0v) is 27.3. The fourth-order valence-corrected chi connectivity index (χ4v) is 8.20. The molecule has 1 aliphatic rings. The Morgan fingerprint density at radius 3 is 1.72 bits per heavy atom. The van der Waals surface area contributed by atoms with Gasteiger partial charge in [0.15, 0.2) is 0 Å². The van der Waals surface area contributed by atoms with Gasteiger partial charge >= 0.3 is 0 Å². The number of hydrogen-bond donors (Lipinski definition) is 0. The Morgan fingerprint density at radius 1 is 0.489 bits per heavy atom. The van der Waals surface area contributed by atoms with E-state index >= 15 is 0 Å². The third kappa shape index (κ3) is 3.98. The SMILES string of the molecule is Cc1cccc(C)c1N(c1ccccc1)c1ccc2c(c1)C(C)(C)c1cc(-n3c4ccccc4c4ccccc43)c3ccccc3c1-2. The van der Waals surface area contributed by atoms with Crippen molar-refractivity contribution in [3.05, 3.63) is 168 Å². The van der Waals surface area contributed by atoms with Crippen LogP contribution in [0, 0.1) is 13.8 Å². The number of aryl methyl sites for hydroxylation is 2. The van der Waals surface area contributed by atoms with Crippen molar-refractivity contribution in [3.8, 4) is 16.8 Å². The van der Waals surface area contributed by atoms with Gasteiger partial charge in [-0.1, -0.05) is 117 Å². The first-order chi connectivity index (χ1) is 22.9. The largest absolute Gasteiger partial charge is 0.310 e. The lowest BCUT2D eigenvalue weighted by Crippen LogP contribution is -2.17. The first-order valence-corrected chi connectivity index (χ1v) is 16.5. The molecule has 1 heterocycles. The van der Waals surface area contributed by atoms with Gasteiger partial charge in [-0.2, -0.15) is 0 Å². The van der Waals surface area contributed by atoms with Gasteiger partial charge in [0.1, 0.15) is 0 Å². The summed E-state index contributed by atoms with van der Waals surface area (Å²) in [6, 6.07) is 53.6. The number of nitrogens with zero attached hydrogens (tertiary/aromatic N) is 2. The Bertz CT molecular complexity index is 2440. The molecule has 0 spiro atoms. The van der Waals surface area contributed by atoms with Gasteiger partial charge in [0.05, 0.1) is 22.4 Å². The molecule has 47 heavy (non-hydrogen) atoms. The Kier molecular flexibility index (Phi) is 6.01. The third-order valence-electron chi connectivity index (χ3n) is 10.4. The maximum atomic E-state index is 2.48. The summed E-state index contributed by atoms with van der Waals surface area (Å²) in [6.45, 7) is 9.23. The van der Waals surface area contributed by atoms with Gasteiger partial charge in [-0.25, -0.2) is 0 Å². The van der Waals surface area contributed by atoms with Crippen molar-refractivity contribution in [3.63, 3.8) is 0 Å². The normalized spacial score (nSPS) is 13.3. The van der Waals surface area contributed by atoms with Crippen molar-refractivity contribution in [1.29, 1.82) is 0 Å². The van der Waals surface area contributed by atoms with E-state index in [1.54, 1.807) is 0 Å². The molecule has 0 fully saturated rings. The highest BCUT2D eigenvalue weighted by Crippen LogP contribution is 2.54. The molecule has 9 rings (SSSR count). The molecule has 0 N–H and O–H groups in total. The van der Waals surface area contributed by atoms with Crippen LogP contribution in [0.15, 0.2) is 146 Å². The number of rotatable bonds is 4. The van der Waals surface area contributed by atoms with Crippen LogP contribution >= 0.6 is 0 Å². The van der Waals surface area contributed by atoms with Crippen LogP contribution in [0.1, 0.15) is 36.1 Å². The smallest absolute Gasteiger partial charge is 0.0544 e. The monoisotopic (exact) mass is 604 g/mol. The van der Waals surface area contributed by atoms with E-state index in [2.05, 4.69) is 183 Å². The lowest BCUT2D eigenvalue weighted by atomic mass is 9.81. The number of hydrogen-bond acceptors (Lipinski definition) is 1. The average molecular weight is 605 g/mol. The standard InChI is InChI=1S/C45H36N2/c1-29-15-14-16-30(2)44(29)46(31-17-6-5-7-18-31)32-25-26-37-38(27-32)45(3,4)39-28-42(35-21-8-9-22-36(35)43(37)39)47-40-23-12-10-19-33(40)34-20-11-13-24-41(34)47/h5-28H,1-4H3. The van der Waals surface area contributed by atoms with E-state index in [1.807, 2.05) is 0 Å². The van der Waals surface area contributed by atoms with Crippen molar-refractivity contribution >= 4 is 49.6 Å². The number of fused-ring (bicyclic) bond motifs is 8. The van der Waals surface area contributed by atoms with Crippen LogP contribution in [0.25, 0.3) is 49.4 Å². The average Bonchev–Trinajstić information content (AvgIpc) is 3.55. The van der Waals surface area contributed by atoms with Crippen LogP contribution in [0.3, 0.4) is 0 Å². The van der Waals surface area contributed by atoms with Crippen LogP contribution in [0.4, 0.5) is 17.1 Å². The number of benzene rings is 7. The Morgan fingerprint density at radius 2 is 1.06 bits per heavy atom. The lowest BCUT2D eigenvalue weighted by Gasteiger charge is -2.30. The molecular weight excluding hydrogens is 569 g/mol. The first-order valence-electron chi connectivity index (χ1n) is 16.5. The van der Waals surface area contributed by atoms with Crippen molar-refractivity contribution in [2.45, 2.75) is 33.1 Å². The van der Waals surface area contributed by atoms with Gasteiger partial charge in [0, 0.05) is 32.9 Å². The highest BCUT2D eigenvalue weighted by molar-refractivity contribution is 6.12. The molecule has 0 radical (unpaired) electrons. The van der Waals surface area contributed by atoms with Gasteiger partial charge in [-0.3, -0.25) is 0 Å². The van der Waals surface area contributed by atoms with Crippen molar-refractivity contribution in [2.75, 3.05) is 4.90 Å². The molecule has 8 aromatic rings. The summed E-state index contributed by atoms with van der Waals surface area (Å²) in [6.07, 6.45) is 0. The molecule has 0 aliphatic heterocycles. The minimum absolute atomic E-state index is 0.207. The molecule has 0 bridgehead atoms. The summed E-state index contributed by atoms with van der Waals surface area (Å²) in [5.41, 5.74) is 15.0. The number of para-hydroxylation sites is 4.